The molecule has 1 saturated carbocycles. The number of hydrogen-bond donors (Lipinski definition) is 2. The number of rotatable bonds is 7. The van der Waals surface area contributed by atoms with E-state index in [-0.39, 0.29) is 17.6 Å². The van der Waals surface area contributed by atoms with Gasteiger partial charge in [-0.2, -0.15) is 4.98 Å². The predicted octanol–water partition coefficient (Wildman–Crippen LogP) is 6.30. The van der Waals surface area contributed by atoms with Gasteiger partial charge in [-0.15, -0.1) is 5.54 Å². The molecule has 5 rings (SSSR count). The first kappa shape index (κ1) is 32.2. The van der Waals surface area contributed by atoms with E-state index in [0.29, 0.717) is 28.2 Å². The Morgan fingerprint density at radius 1 is 0.932 bits per heavy atom. The van der Waals surface area contributed by atoms with Gasteiger partial charge >= 0.3 is 0 Å². The molecule has 1 saturated heterocycles. The van der Waals surface area contributed by atoms with Gasteiger partial charge in [0.05, 0.1) is 5.39 Å². The van der Waals surface area contributed by atoms with Crippen molar-refractivity contribution in [1.29, 1.82) is 0 Å². The van der Waals surface area contributed by atoms with Crippen molar-refractivity contribution in [3.05, 3.63) is 52.4 Å². The molecule has 2 aromatic heterocycles. The van der Waals surface area contributed by atoms with Crippen LogP contribution in [0.4, 0.5) is 17.3 Å². The van der Waals surface area contributed by atoms with Gasteiger partial charge < -0.3 is 20.9 Å². The Kier molecular flexibility index (Phi) is 9.83. The number of benzene rings is 1. The van der Waals surface area contributed by atoms with E-state index in [9.17, 15) is 4.79 Å². The molecule has 8 nitrogen and oxygen atoms in total. The van der Waals surface area contributed by atoms with Crippen LogP contribution >= 0.6 is 0 Å². The molecule has 3 N–H and O–H groups in total. The second-order valence-electron chi connectivity index (χ2n) is 13.9. The molecule has 236 valence electrons. The van der Waals surface area contributed by atoms with Crippen molar-refractivity contribution in [1.82, 2.24) is 19.4 Å². The van der Waals surface area contributed by atoms with Crippen LogP contribution in [-0.4, -0.2) is 66.8 Å². The number of fused-ring (bicyclic) bond motifs is 1. The minimum Gasteiger partial charge on any atom is -0.369 e. The fraction of sp³-hybridized carbons (Fsp3) is 0.571. The van der Waals surface area contributed by atoms with Crippen molar-refractivity contribution in [3.8, 4) is 11.5 Å². The van der Waals surface area contributed by atoms with Crippen LogP contribution in [-0.2, 0) is 0 Å². The second kappa shape index (κ2) is 13.4. The first-order chi connectivity index (χ1) is 21.0. The zero-order valence-electron chi connectivity index (χ0n) is 27.7. The van der Waals surface area contributed by atoms with E-state index < -0.39 is 8.07 Å². The Hall–Kier alpha value is -3.19. The van der Waals surface area contributed by atoms with E-state index in [1.165, 1.54) is 5.69 Å². The normalized spacial score (nSPS) is 19.9. The van der Waals surface area contributed by atoms with Crippen LogP contribution < -0.4 is 21.5 Å². The van der Waals surface area contributed by atoms with Crippen LogP contribution in [0, 0.1) is 11.5 Å². The minimum absolute atomic E-state index is 0.0469. The maximum Gasteiger partial charge on any atom is 0.253 e. The molecular weight excluding hydrogens is 563 g/mol. The summed E-state index contributed by atoms with van der Waals surface area (Å²) in [5.74, 6) is 4.01. The highest BCUT2D eigenvalue weighted by molar-refractivity contribution is 6.90. The quantitative estimate of drug-likeness (QED) is 0.239. The van der Waals surface area contributed by atoms with E-state index in [1.807, 2.05) is 10.8 Å². The SMILES string of the molecule is CC(C)[Si](C#Cc1cc(=O)n(C2CCC(N)CC2)c2nc(Nc3ccc(N4CCN(C)CC4)cc3)ncc12)(C(C)C)C(C)C. The first-order valence-electron chi connectivity index (χ1n) is 16.5. The van der Waals surface area contributed by atoms with Gasteiger partial charge in [0.25, 0.3) is 5.56 Å². The highest BCUT2D eigenvalue weighted by atomic mass is 28.3. The number of pyridine rings is 1. The molecule has 1 aliphatic heterocycles. The molecule has 0 atom stereocenters. The Morgan fingerprint density at radius 2 is 1.55 bits per heavy atom. The molecule has 3 aromatic rings. The zero-order valence-corrected chi connectivity index (χ0v) is 28.7. The van der Waals surface area contributed by atoms with E-state index in [2.05, 4.69) is 99.4 Å². The number of hydrogen-bond acceptors (Lipinski definition) is 7. The Balaban J connectivity index is 1.54. The number of nitrogens with zero attached hydrogens (tertiary/aromatic N) is 5. The van der Waals surface area contributed by atoms with Crippen LogP contribution in [0.5, 0.6) is 0 Å². The molecule has 2 aliphatic rings. The van der Waals surface area contributed by atoms with Crippen molar-refractivity contribution in [2.45, 2.75) is 95.9 Å². The summed E-state index contributed by atoms with van der Waals surface area (Å²) in [6.45, 7) is 18.1. The van der Waals surface area contributed by atoms with Gasteiger partial charge in [0, 0.05) is 67.5 Å². The van der Waals surface area contributed by atoms with E-state index in [1.54, 1.807) is 6.07 Å². The fourth-order valence-corrected chi connectivity index (χ4v) is 12.8. The van der Waals surface area contributed by atoms with Crippen LogP contribution in [0.25, 0.3) is 11.0 Å². The summed E-state index contributed by atoms with van der Waals surface area (Å²) in [4.78, 5) is 28.3. The van der Waals surface area contributed by atoms with Crippen LogP contribution in [0.1, 0.15) is 78.8 Å². The lowest BCUT2D eigenvalue weighted by Crippen LogP contribution is -2.44. The fourth-order valence-electron chi connectivity index (χ4n) is 7.56. The van der Waals surface area contributed by atoms with Crippen LogP contribution in [0.15, 0.2) is 41.3 Å². The van der Waals surface area contributed by atoms with Crippen molar-refractivity contribution in [2.24, 2.45) is 5.73 Å². The topological polar surface area (TPSA) is 92.3 Å². The molecule has 0 unspecified atom stereocenters. The van der Waals surface area contributed by atoms with E-state index in [0.717, 1.165) is 68.5 Å². The van der Waals surface area contributed by atoms with Crippen molar-refractivity contribution >= 4 is 36.4 Å². The Bertz CT molecular complexity index is 1530. The Labute approximate surface area is 264 Å². The molecule has 2 fully saturated rings. The summed E-state index contributed by atoms with van der Waals surface area (Å²) in [5, 5.41) is 4.23. The number of nitrogens with one attached hydrogen (secondary N) is 1. The van der Waals surface area contributed by atoms with Gasteiger partial charge in [-0.05, 0) is 73.6 Å². The zero-order chi connectivity index (χ0) is 31.6. The smallest absolute Gasteiger partial charge is 0.253 e. The third kappa shape index (κ3) is 6.58. The van der Waals surface area contributed by atoms with Gasteiger partial charge in [0.15, 0.2) is 0 Å². The number of nitrogens with two attached hydrogens (primary N) is 1. The van der Waals surface area contributed by atoms with Gasteiger partial charge in [-0.1, -0.05) is 47.5 Å². The summed E-state index contributed by atoms with van der Waals surface area (Å²) in [5.41, 5.74) is 15.0. The lowest BCUT2D eigenvalue weighted by molar-refractivity contribution is 0.313. The molecule has 0 amide bonds. The average molecular weight is 614 g/mol. The summed E-state index contributed by atoms with van der Waals surface area (Å²) < 4.78 is 1.88. The lowest BCUT2D eigenvalue weighted by Gasteiger charge is -2.38. The highest BCUT2D eigenvalue weighted by Gasteiger charge is 2.41. The molecule has 0 bridgehead atoms. The molecule has 1 aromatic carbocycles. The van der Waals surface area contributed by atoms with Gasteiger partial charge in [0.2, 0.25) is 5.95 Å². The van der Waals surface area contributed by atoms with Crippen LogP contribution in [0.3, 0.4) is 0 Å². The summed E-state index contributed by atoms with van der Waals surface area (Å²) in [6, 6.07) is 10.4. The third-order valence-electron chi connectivity index (χ3n) is 10.2. The molecule has 3 heterocycles. The summed E-state index contributed by atoms with van der Waals surface area (Å²) in [6.07, 6.45) is 5.39. The molecule has 0 spiro atoms. The number of aromatic nitrogens is 3. The molecule has 1 aliphatic carbocycles. The largest absolute Gasteiger partial charge is 0.369 e. The average Bonchev–Trinajstić information content (AvgIpc) is 2.98. The van der Waals surface area contributed by atoms with Gasteiger partial charge in [-0.25, -0.2) is 4.98 Å². The van der Waals surface area contributed by atoms with Crippen molar-refractivity contribution < 1.29 is 0 Å². The summed E-state index contributed by atoms with van der Waals surface area (Å²) in [7, 11) is 0.176. The lowest BCUT2D eigenvalue weighted by atomic mass is 9.91. The Morgan fingerprint density at radius 3 is 2.14 bits per heavy atom. The monoisotopic (exact) mass is 613 g/mol. The maximum atomic E-state index is 13.8. The van der Waals surface area contributed by atoms with Gasteiger partial charge in [0.1, 0.15) is 13.7 Å². The summed E-state index contributed by atoms with van der Waals surface area (Å²) >= 11 is 0. The molecule has 44 heavy (non-hydrogen) atoms. The second-order valence-corrected chi connectivity index (χ2v) is 19.5. The first-order valence-corrected chi connectivity index (χ1v) is 18.7. The van der Waals surface area contributed by atoms with E-state index >= 15 is 0 Å². The predicted molar refractivity (Wildman–Crippen MR) is 187 cm³/mol. The molecule has 9 heteroatoms. The number of piperazine rings is 1. The highest BCUT2D eigenvalue weighted by Crippen LogP contribution is 2.41. The molecule has 0 radical (unpaired) electrons. The van der Waals surface area contributed by atoms with Crippen molar-refractivity contribution in [2.75, 3.05) is 43.4 Å². The van der Waals surface area contributed by atoms with Crippen LogP contribution in [0.2, 0.25) is 16.6 Å². The van der Waals surface area contributed by atoms with E-state index in [4.69, 9.17) is 15.7 Å². The maximum absolute atomic E-state index is 13.8. The standard InChI is InChI=1S/C35H51N7OSi/c1-24(2)44(25(3)4,26(5)6)21-16-27-22-33(43)42(31-12-8-28(36)9-13-31)34-32(27)23-37-35(39-34)38-29-10-14-30(15-11-29)41-19-17-40(7)18-20-41/h10-11,14-15,22-26,28,31H,8-9,12-13,17-20,36H2,1-7H3,(H,37,38,39). The molecular formula is C35H51N7OSi. The number of likely N-dealkylation sites (N-methyl/N-ethyl adjacent to an activating group) is 1. The third-order valence-corrected chi connectivity index (χ3v) is 16.5. The van der Waals surface area contributed by atoms with Crippen molar-refractivity contribution in [3.63, 3.8) is 0 Å². The minimum atomic E-state index is -1.99. The van der Waals surface area contributed by atoms with Gasteiger partial charge in [-0.3, -0.25) is 9.36 Å². The number of anilines is 3.